The fourth-order valence-electron chi connectivity index (χ4n) is 2.28. The quantitative estimate of drug-likeness (QED) is 0.790. The van der Waals surface area contributed by atoms with Crippen molar-refractivity contribution in [1.29, 1.82) is 0 Å². The molecule has 0 spiro atoms. The normalized spacial score (nSPS) is 24.9. The van der Waals surface area contributed by atoms with E-state index in [1.54, 1.807) is 6.20 Å². The Kier molecular flexibility index (Phi) is 3.09. The number of hydrogen-bond acceptors (Lipinski definition) is 5. The average Bonchev–Trinajstić information content (AvgIpc) is 2.94. The number of carbonyl (C=O) groups excluding carboxylic acids is 1. The highest BCUT2D eigenvalue weighted by molar-refractivity contribution is 7.11. The molecular formula is C11H16N4OS. The van der Waals surface area contributed by atoms with Gasteiger partial charge < -0.3 is 15.5 Å². The summed E-state index contributed by atoms with van der Waals surface area (Å²) in [5.74, 6) is 0.0797. The summed E-state index contributed by atoms with van der Waals surface area (Å²) in [7, 11) is 0. The second-order valence-corrected chi connectivity index (χ2v) is 5.49. The van der Waals surface area contributed by atoms with Gasteiger partial charge in [-0.3, -0.25) is 4.79 Å². The maximum atomic E-state index is 12.1. The van der Waals surface area contributed by atoms with Gasteiger partial charge in [0.15, 0.2) is 5.01 Å². The maximum absolute atomic E-state index is 12.1. The van der Waals surface area contributed by atoms with E-state index in [1.807, 2.05) is 10.3 Å². The fourth-order valence-corrected chi connectivity index (χ4v) is 2.89. The molecule has 1 atom stereocenters. The van der Waals surface area contributed by atoms with Crippen LogP contribution in [0.25, 0.3) is 0 Å². The van der Waals surface area contributed by atoms with Crippen LogP contribution in [0.2, 0.25) is 0 Å². The Labute approximate surface area is 104 Å². The molecule has 0 saturated carbocycles. The van der Waals surface area contributed by atoms with Crippen molar-refractivity contribution in [2.45, 2.75) is 18.5 Å². The average molecular weight is 252 g/mol. The van der Waals surface area contributed by atoms with E-state index >= 15 is 0 Å². The van der Waals surface area contributed by atoms with Gasteiger partial charge in [-0.15, -0.1) is 11.3 Å². The van der Waals surface area contributed by atoms with Crippen molar-refractivity contribution in [3.05, 3.63) is 16.6 Å². The molecule has 3 rings (SSSR count). The molecule has 3 heterocycles. The zero-order valence-electron chi connectivity index (χ0n) is 9.56. The Morgan fingerprint density at radius 2 is 2.41 bits per heavy atom. The van der Waals surface area contributed by atoms with Crippen LogP contribution >= 0.6 is 11.3 Å². The van der Waals surface area contributed by atoms with Crippen molar-refractivity contribution < 1.29 is 4.79 Å². The molecular weight excluding hydrogens is 236 g/mol. The predicted molar refractivity (Wildman–Crippen MR) is 66.2 cm³/mol. The number of rotatable bonds is 3. The third kappa shape index (κ3) is 2.34. The van der Waals surface area contributed by atoms with Crippen LogP contribution in [0.5, 0.6) is 0 Å². The lowest BCUT2D eigenvalue weighted by molar-refractivity contribution is 0.0788. The van der Waals surface area contributed by atoms with Gasteiger partial charge in [0.25, 0.3) is 5.91 Å². The molecule has 0 aliphatic carbocycles. The summed E-state index contributed by atoms with van der Waals surface area (Å²) in [6.07, 6.45) is 2.73. The predicted octanol–water partition coefficient (Wildman–Crippen LogP) is -0.0810. The first kappa shape index (κ1) is 11.1. The van der Waals surface area contributed by atoms with E-state index < -0.39 is 0 Å². The molecule has 17 heavy (non-hydrogen) atoms. The molecule has 2 fully saturated rings. The number of amides is 1. The van der Waals surface area contributed by atoms with Gasteiger partial charge in [0.05, 0.1) is 0 Å². The summed E-state index contributed by atoms with van der Waals surface area (Å²) in [5.41, 5.74) is 0. The Bertz CT molecular complexity index is 390. The molecule has 1 amide bonds. The number of likely N-dealkylation sites (tertiary alicyclic amines) is 1. The zero-order valence-corrected chi connectivity index (χ0v) is 10.4. The molecule has 6 heteroatoms. The van der Waals surface area contributed by atoms with Gasteiger partial charge in [0.1, 0.15) is 0 Å². The summed E-state index contributed by atoms with van der Waals surface area (Å²) in [6.45, 7) is 3.76. The number of carbonyl (C=O) groups is 1. The van der Waals surface area contributed by atoms with Crippen LogP contribution in [-0.4, -0.2) is 54.1 Å². The third-order valence-electron chi connectivity index (χ3n) is 3.34. The van der Waals surface area contributed by atoms with Crippen LogP contribution in [0.4, 0.5) is 0 Å². The van der Waals surface area contributed by atoms with Crippen LogP contribution in [-0.2, 0) is 0 Å². The van der Waals surface area contributed by atoms with Gasteiger partial charge in [0, 0.05) is 49.8 Å². The van der Waals surface area contributed by atoms with Crippen molar-refractivity contribution in [2.75, 3.05) is 26.2 Å². The van der Waals surface area contributed by atoms with E-state index in [0.717, 1.165) is 32.6 Å². The Hall–Kier alpha value is -0.980. The first-order chi connectivity index (χ1) is 8.33. The Morgan fingerprint density at radius 3 is 3.06 bits per heavy atom. The van der Waals surface area contributed by atoms with Crippen LogP contribution in [0, 0.1) is 0 Å². The van der Waals surface area contributed by atoms with E-state index in [1.165, 1.54) is 11.3 Å². The molecule has 0 bridgehead atoms. The van der Waals surface area contributed by atoms with Crippen molar-refractivity contribution >= 4 is 17.2 Å². The lowest BCUT2D eigenvalue weighted by atomic mass is 10.1. The largest absolute Gasteiger partial charge is 0.335 e. The fraction of sp³-hybridized carbons (Fsp3) is 0.636. The lowest BCUT2D eigenvalue weighted by Crippen LogP contribution is -2.58. The topological polar surface area (TPSA) is 57.3 Å². The third-order valence-corrected chi connectivity index (χ3v) is 4.10. The second kappa shape index (κ2) is 4.72. The van der Waals surface area contributed by atoms with E-state index in [2.05, 4.69) is 15.6 Å². The van der Waals surface area contributed by atoms with Crippen LogP contribution in [0.15, 0.2) is 11.6 Å². The monoisotopic (exact) mass is 252 g/mol. The van der Waals surface area contributed by atoms with Crippen LogP contribution < -0.4 is 10.6 Å². The van der Waals surface area contributed by atoms with Crippen LogP contribution in [0.3, 0.4) is 0 Å². The lowest BCUT2D eigenvalue weighted by Gasteiger charge is -2.31. The van der Waals surface area contributed by atoms with E-state index in [9.17, 15) is 4.79 Å². The molecule has 0 radical (unpaired) electrons. The van der Waals surface area contributed by atoms with Gasteiger partial charge in [-0.25, -0.2) is 4.98 Å². The molecule has 92 valence electrons. The van der Waals surface area contributed by atoms with E-state index in [0.29, 0.717) is 17.1 Å². The standard InChI is InChI=1S/C11H16N4OS/c16-11(10-13-2-4-17-10)15-3-1-8(7-15)14-9-5-12-6-9/h2,4,8-9,12,14H,1,3,5-7H2/t8-/m0/s1. The van der Waals surface area contributed by atoms with Gasteiger partial charge >= 0.3 is 0 Å². The summed E-state index contributed by atoms with van der Waals surface area (Å²) in [6, 6.07) is 1.04. The molecule has 2 aliphatic heterocycles. The highest BCUT2D eigenvalue weighted by atomic mass is 32.1. The Morgan fingerprint density at radius 1 is 1.53 bits per heavy atom. The molecule has 0 aromatic carbocycles. The molecule has 5 nitrogen and oxygen atoms in total. The smallest absolute Gasteiger partial charge is 0.282 e. The summed E-state index contributed by atoms with van der Waals surface area (Å²) < 4.78 is 0. The van der Waals surface area contributed by atoms with Crippen molar-refractivity contribution in [3.8, 4) is 0 Å². The first-order valence-electron chi connectivity index (χ1n) is 5.98. The number of nitrogens with zero attached hydrogens (tertiary/aromatic N) is 2. The van der Waals surface area contributed by atoms with Crippen molar-refractivity contribution in [3.63, 3.8) is 0 Å². The van der Waals surface area contributed by atoms with Crippen molar-refractivity contribution in [1.82, 2.24) is 20.5 Å². The molecule has 0 unspecified atom stereocenters. The summed E-state index contributed by atoms with van der Waals surface area (Å²) >= 11 is 1.42. The summed E-state index contributed by atoms with van der Waals surface area (Å²) in [4.78, 5) is 18.0. The van der Waals surface area contributed by atoms with Gasteiger partial charge in [-0.2, -0.15) is 0 Å². The van der Waals surface area contributed by atoms with E-state index in [-0.39, 0.29) is 5.91 Å². The molecule has 1 aromatic heterocycles. The minimum atomic E-state index is 0.0797. The number of nitrogens with one attached hydrogen (secondary N) is 2. The molecule has 1 aromatic rings. The minimum Gasteiger partial charge on any atom is -0.335 e. The van der Waals surface area contributed by atoms with Crippen molar-refractivity contribution in [2.24, 2.45) is 0 Å². The number of thiazole rings is 1. The van der Waals surface area contributed by atoms with E-state index in [4.69, 9.17) is 0 Å². The highest BCUT2D eigenvalue weighted by Gasteiger charge is 2.30. The minimum absolute atomic E-state index is 0.0797. The van der Waals surface area contributed by atoms with Gasteiger partial charge in [0.2, 0.25) is 0 Å². The second-order valence-electron chi connectivity index (χ2n) is 4.60. The Balaban J connectivity index is 1.54. The van der Waals surface area contributed by atoms with Crippen LogP contribution in [0.1, 0.15) is 16.2 Å². The summed E-state index contributed by atoms with van der Waals surface area (Å²) in [5, 5.41) is 9.27. The van der Waals surface area contributed by atoms with Gasteiger partial charge in [-0.05, 0) is 6.42 Å². The van der Waals surface area contributed by atoms with Gasteiger partial charge in [-0.1, -0.05) is 0 Å². The molecule has 2 saturated heterocycles. The maximum Gasteiger partial charge on any atom is 0.282 e. The first-order valence-corrected chi connectivity index (χ1v) is 6.86. The molecule has 2 N–H and O–H groups in total. The SMILES string of the molecule is O=C(c1nccs1)N1CC[C@H](NC2CNC2)C1. The molecule has 2 aliphatic rings. The number of hydrogen-bond donors (Lipinski definition) is 2. The zero-order chi connectivity index (χ0) is 11.7. The number of aromatic nitrogens is 1. The highest BCUT2D eigenvalue weighted by Crippen LogP contribution is 2.15.